The van der Waals surface area contributed by atoms with Gasteiger partial charge in [-0.1, -0.05) is 31.0 Å². The summed E-state index contributed by atoms with van der Waals surface area (Å²) in [5, 5.41) is 12.3. The zero-order chi connectivity index (χ0) is 24.1. The molecule has 1 N–H and O–H groups in total. The molecule has 0 saturated heterocycles. The van der Waals surface area contributed by atoms with Gasteiger partial charge in [-0.3, -0.25) is 14.2 Å². The second-order valence-corrected chi connectivity index (χ2v) is 9.90. The van der Waals surface area contributed by atoms with Gasteiger partial charge in [0.05, 0.1) is 12.4 Å². The number of Topliss-reactive ketones (excluding diaryl/α,β-unsaturated/α-hetero) is 1. The van der Waals surface area contributed by atoms with Crippen molar-refractivity contribution in [3.8, 4) is 11.4 Å². The van der Waals surface area contributed by atoms with Gasteiger partial charge < -0.3 is 10.1 Å². The standard InChI is InChI=1S/C26H30N4O3S/c1-17(31)19-9-11-21(12-10-19)27-25(32)18(2)34-26-29-28-24(20-7-5-4-6-8-20)30(26)22-13-15-23(33-3)16-14-22/h9-16,18,20H,4-8H2,1-3H3,(H,27,32). The molecule has 1 aliphatic carbocycles. The van der Waals surface area contributed by atoms with E-state index >= 15 is 0 Å². The van der Waals surface area contributed by atoms with Crippen molar-refractivity contribution in [2.24, 2.45) is 0 Å². The van der Waals surface area contributed by atoms with Gasteiger partial charge in [0.1, 0.15) is 11.6 Å². The van der Waals surface area contributed by atoms with Crippen LogP contribution in [0.4, 0.5) is 5.69 Å². The van der Waals surface area contributed by atoms with Crippen molar-refractivity contribution < 1.29 is 14.3 Å². The number of hydrogen-bond acceptors (Lipinski definition) is 6. The largest absolute Gasteiger partial charge is 0.497 e. The molecule has 34 heavy (non-hydrogen) atoms. The van der Waals surface area contributed by atoms with Gasteiger partial charge in [0.15, 0.2) is 10.9 Å². The third-order valence-electron chi connectivity index (χ3n) is 6.17. The van der Waals surface area contributed by atoms with Crippen LogP contribution in [0.25, 0.3) is 5.69 Å². The number of methoxy groups -OCH3 is 1. The second kappa shape index (κ2) is 10.9. The van der Waals surface area contributed by atoms with E-state index in [0.717, 1.165) is 30.1 Å². The number of benzene rings is 2. The molecular weight excluding hydrogens is 448 g/mol. The molecule has 4 rings (SSSR count). The van der Waals surface area contributed by atoms with Crippen LogP contribution in [0, 0.1) is 0 Å². The van der Waals surface area contributed by atoms with Crippen molar-refractivity contribution in [1.82, 2.24) is 14.8 Å². The maximum absolute atomic E-state index is 12.9. The summed E-state index contributed by atoms with van der Waals surface area (Å²) in [5.74, 6) is 1.97. The van der Waals surface area contributed by atoms with E-state index in [2.05, 4.69) is 20.1 Å². The van der Waals surface area contributed by atoms with Gasteiger partial charge >= 0.3 is 0 Å². The quantitative estimate of drug-likeness (QED) is 0.333. The van der Waals surface area contributed by atoms with Crippen LogP contribution in [0.1, 0.15) is 68.1 Å². The first-order chi connectivity index (χ1) is 16.5. The number of carbonyl (C=O) groups excluding carboxylic acids is 2. The Balaban J connectivity index is 1.55. The zero-order valence-electron chi connectivity index (χ0n) is 19.8. The third kappa shape index (κ3) is 5.50. The molecule has 1 atom stereocenters. The van der Waals surface area contributed by atoms with Crippen LogP contribution < -0.4 is 10.1 Å². The molecule has 0 aliphatic heterocycles. The molecule has 0 bridgehead atoms. The number of hydrogen-bond donors (Lipinski definition) is 1. The molecule has 0 spiro atoms. The monoisotopic (exact) mass is 478 g/mol. The number of carbonyl (C=O) groups is 2. The highest BCUT2D eigenvalue weighted by Crippen LogP contribution is 2.36. The number of amides is 1. The molecule has 1 unspecified atom stereocenters. The molecule has 178 valence electrons. The molecular formula is C26H30N4O3S. The van der Waals surface area contributed by atoms with Crippen molar-refractivity contribution in [3.05, 3.63) is 59.9 Å². The lowest BCUT2D eigenvalue weighted by Gasteiger charge is -2.22. The Hall–Kier alpha value is -3.13. The van der Waals surface area contributed by atoms with E-state index in [0.29, 0.717) is 22.3 Å². The van der Waals surface area contributed by atoms with E-state index < -0.39 is 5.25 Å². The van der Waals surface area contributed by atoms with E-state index in [1.807, 2.05) is 31.2 Å². The first-order valence-electron chi connectivity index (χ1n) is 11.6. The number of nitrogens with one attached hydrogen (secondary N) is 1. The van der Waals surface area contributed by atoms with Crippen LogP contribution in [0.3, 0.4) is 0 Å². The highest BCUT2D eigenvalue weighted by Gasteiger charge is 2.26. The lowest BCUT2D eigenvalue weighted by atomic mass is 9.88. The first kappa shape index (κ1) is 24.0. The number of ketones is 1. The van der Waals surface area contributed by atoms with E-state index in [9.17, 15) is 9.59 Å². The molecule has 7 nitrogen and oxygen atoms in total. The maximum Gasteiger partial charge on any atom is 0.237 e. The van der Waals surface area contributed by atoms with Crippen molar-refractivity contribution >= 4 is 29.1 Å². The minimum atomic E-state index is -0.395. The zero-order valence-corrected chi connectivity index (χ0v) is 20.6. The van der Waals surface area contributed by atoms with Crippen molar-refractivity contribution in [2.75, 3.05) is 12.4 Å². The predicted octanol–water partition coefficient (Wildman–Crippen LogP) is 5.65. The van der Waals surface area contributed by atoms with Crippen LogP contribution in [0.15, 0.2) is 53.7 Å². The third-order valence-corrected chi connectivity index (χ3v) is 7.21. The van der Waals surface area contributed by atoms with Gasteiger partial charge in [-0.2, -0.15) is 0 Å². The van der Waals surface area contributed by atoms with Crippen molar-refractivity contribution in [1.29, 1.82) is 0 Å². The predicted molar refractivity (Wildman–Crippen MR) is 134 cm³/mol. The van der Waals surface area contributed by atoms with Gasteiger partial charge in [-0.05, 0) is 75.2 Å². The van der Waals surface area contributed by atoms with Gasteiger partial charge in [-0.15, -0.1) is 10.2 Å². The summed E-state index contributed by atoms with van der Waals surface area (Å²) in [7, 11) is 1.65. The summed E-state index contributed by atoms with van der Waals surface area (Å²) >= 11 is 1.39. The molecule has 1 heterocycles. The lowest BCUT2D eigenvalue weighted by Crippen LogP contribution is -2.23. The van der Waals surface area contributed by atoms with Crippen LogP contribution in [0.5, 0.6) is 5.75 Å². The Morgan fingerprint density at radius 3 is 2.32 bits per heavy atom. The van der Waals surface area contributed by atoms with Crippen molar-refractivity contribution in [3.63, 3.8) is 0 Å². The van der Waals surface area contributed by atoms with Crippen LogP contribution in [-0.4, -0.2) is 38.8 Å². The molecule has 1 fully saturated rings. The summed E-state index contributed by atoms with van der Waals surface area (Å²) in [6.45, 7) is 3.38. The van der Waals surface area contributed by atoms with Crippen LogP contribution in [0.2, 0.25) is 0 Å². The fourth-order valence-electron chi connectivity index (χ4n) is 4.20. The smallest absolute Gasteiger partial charge is 0.237 e. The normalized spacial score (nSPS) is 15.0. The molecule has 8 heteroatoms. The van der Waals surface area contributed by atoms with E-state index in [1.165, 1.54) is 37.9 Å². The van der Waals surface area contributed by atoms with Crippen LogP contribution in [-0.2, 0) is 4.79 Å². The number of anilines is 1. The fraction of sp³-hybridized carbons (Fsp3) is 0.385. The Labute approximate surface area is 204 Å². The number of aromatic nitrogens is 3. The van der Waals surface area contributed by atoms with E-state index in [1.54, 1.807) is 31.4 Å². The van der Waals surface area contributed by atoms with Crippen molar-refractivity contribution in [2.45, 2.75) is 62.3 Å². The van der Waals surface area contributed by atoms with Gasteiger partial charge in [0.2, 0.25) is 5.91 Å². The van der Waals surface area contributed by atoms with E-state index in [4.69, 9.17) is 4.74 Å². The fourth-order valence-corrected chi connectivity index (χ4v) is 5.08. The summed E-state index contributed by atoms with van der Waals surface area (Å²) in [6, 6.07) is 14.8. The highest BCUT2D eigenvalue weighted by molar-refractivity contribution is 8.00. The Morgan fingerprint density at radius 2 is 1.71 bits per heavy atom. The Kier molecular flexibility index (Phi) is 7.67. The number of rotatable bonds is 8. The minimum absolute atomic E-state index is 0.00608. The molecule has 0 radical (unpaired) electrons. The first-order valence-corrected chi connectivity index (χ1v) is 12.5. The Bertz CT molecular complexity index is 1140. The summed E-state index contributed by atoms with van der Waals surface area (Å²) in [6.07, 6.45) is 5.86. The lowest BCUT2D eigenvalue weighted by molar-refractivity contribution is -0.115. The van der Waals surface area contributed by atoms with Gasteiger partial charge in [-0.25, -0.2) is 0 Å². The minimum Gasteiger partial charge on any atom is -0.497 e. The average molecular weight is 479 g/mol. The second-order valence-electron chi connectivity index (χ2n) is 8.59. The summed E-state index contributed by atoms with van der Waals surface area (Å²) in [4.78, 5) is 24.4. The molecule has 1 aromatic heterocycles. The van der Waals surface area contributed by atoms with Gasteiger partial charge in [0, 0.05) is 22.9 Å². The number of ether oxygens (including phenoxy) is 1. The summed E-state index contributed by atoms with van der Waals surface area (Å²) in [5.41, 5.74) is 2.23. The number of nitrogens with zero attached hydrogens (tertiary/aromatic N) is 3. The topological polar surface area (TPSA) is 86.1 Å². The average Bonchev–Trinajstić information content (AvgIpc) is 3.28. The SMILES string of the molecule is COc1ccc(-n2c(SC(C)C(=O)Nc3ccc(C(C)=O)cc3)nnc2C2CCCCC2)cc1. The molecule has 1 amide bonds. The maximum atomic E-state index is 12.9. The molecule has 1 aliphatic rings. The Morgan fingerprint density at radius 1 is 1.03 bits per heavy atom. The number of thioether (sulfide) groups is 1. The molecule has 2 aromatic carbocycles. The molecule has 1 saturated carbocycles. The van der Waals surface area contributed by atoms with E-state index in [-0.39, 0.29) is 11.7 Å². The van der Waals surface area contributed by atoms with Gasteiger partial charge in [0.25, 0.3) is 0 Å². The van der Waals surface area contributed by atoms with Crippen LogP contribution >= 0.6 is 11.8 Å². The highest BCUT2D eigenvalue weighted by atomic mass is 32.2. The molecule has 3 aromatic rings. The summed E-state index contributed by atoms with van der Waals surface area (Å²) < 4.78 is 7.41.